The summed E-state index contributed by atoms with van der Waals surface area (Å²) in [6.45, 7) is 0. The quantitative estimate of drug-likeness (QED) is 0.503. The van der Waals surface area contributed by atoms with Crippen molar-refractivity contribution in [3.63, 3.8) is 0 Å². The SMILES string of the molecule is COc1ccc(S(=O)(=O)O)cc1NN=Cc1ccccc1. The van der Waals surface area contributed by atoms with E-state index >= 15 is 0 Å². The van der Waals surface area contributed by atoms with E-state index in [1.165, 1.54) is 25.3 Å². The Morgan fingerprint density at radius 1 is 1.19 bits per heavy atom. The van der Waals surface area contributed by atoms with Gasteiger partial charge in [-0.2, -0.15) is 13.5 Å². The molecule has 0 aliphatic carbocycles. The van der Waals surface area contributed by atoms with Crippen molar-refractivity contribution in [2.75, 3.05) is 12.5 Å². The van der Waals surface area contributed by atoms with E-state index < -0.39 is 10.1 Å². The summed E-state index contributed by atoms with van der Waals surface area (Å²) in [6, 6.07) is 13.3. The Hall–Kier alpha value is -2.38. The van der Waals surface area contributed by atoms with E-state index in [9.17, 15) is 8.42 Å². The van der Waals surface area contributed by atoms with Gasteiger partial charge in [0.05, 0.1) is 23.9 Å². The maximum Gasteiger partial charge on any atom is 0.294 e. The Labute approximate surface area is 122 Å². The molecular formula is C14H14N2O4S. The highest BCUT2D eigenvalue weighted by molar-refractivity contribution is 7.85. The van der Waals surface area contributed by atoms with Gasteiger partial charge in [-0.15, -0.1) is 0 Å². The summed E-state index contributed by atoms with van der Waals surface area (Å²) in [5.41, 5.74) is 3.91. The number of ether oxygens (including phenoxy) is 1. The zero-order chi connectivity index (χ0) is 15.3. The van der Waals surface area contributed by atoms with Crippen LogP contribution < -0.4 is 10.2 Å². The van der Waals surface area contributed by atoms with Crippen molar-refractivity contribution >= 4 is 22.0 Å². The van der Waals surface area contributed by atoms with Gasteiger partial charge in [-0.3, -0.25) is 9.98 Å². The van der Waals surface area contributed by atoms with Gasteiger partial charge in [-0.1, -0.05) is 30.3 Å². The Kier molecular flexibility index (Phi) is 4.56. The minimum Gasteiger partial charge on any atom is -0.495 e. The molecule has 7 heteroatoms. The first kappa shape index (κ1) is 15.0. The summed E-state index contributed by atoms with van der Waals surface area (Å²) in [4.78, 5) is -0.235. The second kappa shape index (κ2) is 6.38. The zero-order valence-corrected chi connectivity index (χ0v) is 12.0. The van der Waals surface area contributed by atoms with Crippen molar-refractivity contribution in [1.29, 1.82) is 0 Å². The van der Waals surface area contributed by atoms with Crippen LogP contribution in [-0.2, 0) is 10.1 Å². The molecule has 0 bridgehead atoms. The highest BCUT2D eigenvalue weighted by Gasteiger charge is 2.12. The fraction of sp³-hybridized carbons (Fsp3) is 0.0714. The molecule has 0 aliphatic rings. The summed E-state index contributed by atoms with van der Waals surface area (Å²) in [7, 11) is -2.82. The Morgan fingerprint density at radius 3 is 2.52 bits per heavy atom. The van der Waals surface area contributed by atoms with Gasteiger partial charge in [0.25, 0.3) is 10.1 Å². The molecule has 0 saturated heterocycles. The minimum atomic E-state index is -4.27. The summed E-state index contributed by atoms with van der Waals surface area (Å²) in [5, 5.41) is 4.01. The molecule has 0 spiro atoms. The molecule has 2 aromatic rings. The van der Waals surface area contributed by atoms with E-state index in [1.54, 1.807) is 6.21 Å². The molecule has 2 aromatic carbocycles. The lowest BCUT2D eigenvalue weighted by Crippen LogP contribution is -2.01. The van der Waals surface area contributed by atoms with E-state index in [2.05, 4.69) is 10.5 Å². The molecule has 0 aliphatic heterocycles. The molecule has 2 rings (SSSR count). The summed E-state index contributed by atoms with van der Waals surface area (Å²) in [5.74, 6) is 0.410. The van der Waals surface area contributed by atoms with Crippen LogP contribution in [0, 0.1) is 0 Å². The van der Waals surface area contributed by atoms with E-state index in [1.807, 2.05) is 30.3 Å². The van der Waals surface area contributed by atoms with E-state index in [0.29, 0.717) is 11.4 Å². The highest BCUT2D eigenvalue weighted by atomic mass is 32.2. The molecule has 110 valence electrons. The molecule has 0 amide bonds. The van der Waals surface area contributed by atoms with Crippen LogP contribution in [0.5, 0.6) is 5.75 Å². The molecule has 0 saturated carbocycles. The van der Waals surface area contributed by atoms with Gasteiger partial charge in [-0.25, -0.2) is 0 Å². The van der Waals surface area contributed by atoms with Gasteiger partial charge in [-0.05, 0) is 23.8 Å². The molecule has 0 fully saturated rings. The third-order valence-corrected chi connectivity index (χ3v) is 3.52. The first-order valence-corrected chi connectivity index (χ1v) is 7.44. The average molecular weight is 306 g/mol. The van der Waals surface area contributed by atoms with Crippen LogP contribution in [-0.4, -0.2) is 26.3 Å². The van der Waals surface area contributed by atoms with Crippen molar-refractivity contribution < 1.29 is 17.7 Å². The van der Waals surface area contributed by atoms with Crippen LogP contribution in [0.3, 0.4) is 0 Å². The third-order valence-electron chi connectivity index (χ3n) is 2.67. The van der Waals surface area contributed by atoms with Gasteiger partial charge < -0.3 is 4.74 Å². The number of anilines is 1. The maximum atomic E-state index is 11.1. The summed E-state index contributed by atoms with van der Waals surface area (Å²) < 4.78 is 36.4. The lowest BCUT2D eigenvalue weighted by molar-refractivity contribution is 0.416. The molecule has 0 radical (unpaired) electrons. The Bertz CT molecular complexity index is 743. The molecule has 21 heavy (non-hydrogen) atoms. The second-order valence-electron chi connectivity index (χ2n) is 4.12. The van der Waals surface area contributed by atoms with Crippen molar-refractivity contribution in [3.8, 4) is 5.75 Å². The fourth-order valence-corrected chi connectivity index (χ4v) is 2.16. The van der Waals surface area contributed by atoms with E-state index in [4.69, 9.17) is 9.29 Å². The Morgan fingerprint density at radius 2 is 1.90 bits per heavy atom. The van der Waals surface area contributed by atoms with Crippen molar-refractivity contribution in [2.24, 2.45) is 5.10 Å². The highest BCUT2D eigenvalue weighted by Crippen LogP contribution is 2.27. The van der Waals surface area contributed by atoms with Crippen molar-refractivity contribution in [1.82, 2.24) is 0 Å². The molecule has 6 nitrogen and oxygen atoms in total. The summed E-state index contributed by atoms with van der Waals surface area (Å²) in [6.07, 6.45) is 1.58. The minimum absolute atomic E-state index is 0.235. The smallest absolute Gasteiger partial charge is 0.294 e. The van der Waals surface area contributed by atoms with Gasteiger partial charge in [0.2, 0.25) is 0 Å². The van der Waals surface area contributed by atoms with Crippen LogP contribution in [0.1, 0.15) is 5.56 Å². The number of hydrazone groups is 1. The second-order valence-corrected chi connectivity index (χ2v) is 5.54. The number of methoxy groups -OCH3 is 1. The van der Waals surface area contributed by atoms with Gasteiger partial charge >= 0.3 is 0 Å². The number of hydrogen-bond acceptors (Lipinski definition) is 5. The van der Waals surface area contributed by atoms with Crippen molar-refractivity contribution in [3.05, 3.63) is 54.1 Å². The first-order valence-electron chi connectivity index (χ1n) is 6.00. The number of hydrogen-bond donors (Lipinski definition) is 2. The lowest BCUT2D eigenvalue weighted by atomic mass is 10.2. The standard InChI is InChI=1S/C14H14N2O4S/c1-20-14-8-7-12(21(17,18)19)9-13(14)16-15-10-11-5-3-2-4-6-11/h2-10,16H,1H3,(H,17,18,19). The van der Waals surface area contributed by atoms with Crippen molar-refractivity contribution in [2.45, 2.75) is 4.90 Å². The molecule has 0 atom stereocenters. The predicted octanol–water partition coefficient (Wildman–Crippen LogP) is 2.39. The number of rotatable bonds is 5. The zero-order valence-electron chi connectivity index (χ0n) is 11.2. The fourth-order valence-electron chi connectivity index (χ4n) is 1.65. The first-order chi connectivity index (χ1) is 10.0. The average Bonchev–Trinajstić information content (AvgIpc) is 2.47. The van der Waals surface area contributed by atoms with Gasteiger partial charge in [0, 0.05) is 0 Å². The van der Waals surface area contributed by atoms with Crippen LogP contribution >= 0.6 is 0 Å². The number of nitrogens with zero attached hydrogens (tertiary/aromatic N) is 1. The predicted molar refractivity (Wildman–Crippen MR) is 80.5 cm³/mol. The molecule has 2 N–H and O–H groups in total. The van der Waals surface area contributed by atoms with Crippen LogP contribution in [0.4, 0.5) is 5.69 Å². The third kappa shape index (κ3) is 4.04. The topological polar surface area (TPSA) is 88.0 Å². The van der Waals surface area contributed by atoms with Crippen LogP contribution in [0.2, 0.25) is 0 Å². The lowest BCUT2D eigenvalue weighted by Gasteiger charge is -2.08. The van der Waals surface area contributed by atoms with E-state index in [-0.39, 0.29) is 4.90 Å². The molecular weight excluding hydrogens is 292 g/mol. The molecule has 0 aromatic heterocycles. The van der Waals surface area contributed by atoms with E-state index in [0.717, 1.165) is 5.56 Å². The number of benzene rings is 2. The monoisotopic (exact) mass is 306 g/mol. The molecule has 0 heterocycles. The number of nitrogens with one attached hydrogen (secondary N) is 1. The Balaban J connectivity index is 2.24. The normalized spacial score (nSPS) is 11.5. The summed E-state index contributed by atoms with van der Waals surface area (Å²) >= 11 is 0. The van der Waals surface area contributed by atoms with Crippen LogP contribution in [0.15, 0.2) is 58.5 Å². The van der Waals surface area contributed by atoms with Gasteiger partial charge in [0.1, 0.15) is 5.75 Å². The molecule has 0 unspecified atom stereocenters. The van der Waals surface area contributed by atoms with Crippen LogP contribution in [0.25, 0.3) is 0 Å². The maximum absolute atomic E-state index is 11.1. The van der Waals surface area contributed by atoms with Gasteiger partial charge in [0.15, 0.2) is 0 Å². The largest absolute Gasteiger partial charge is 0.495 e.